The van der Waals surface area contributed by atoms with Crippen LogP contribution in [0.25, 0.3) is 0 Å². The molecule has 1 aliphatic carbocycles. The van der Waals surface area contributed by atoms with Gasteiger partial charge in [-0.3, -0.25) is 4.79 Å². The molecule has 0 aromatic rings. The monoisotopic (exact) mass is 288 g/mol. The van der Waals surface area contributed by atoms with Crippen molar-refractivity contribution in [2.45, 2.75) is 45.1 Å². The van der Waals surface area contributed by atoms with E-state index in [1.54, 1.807) is 18.7 Å². The number of carboxylic acid groups (broad SMARTS) is 1. The SMILES string of the molecule is CSCCCCNC(=O)NC1CCCC1(C)C(=O)O. The van der Waals surface area contributed by atoms with E-state index in [1.165, 1.54) is 0 Å². The summed E-state index contributed by atoms with van der Waals surface area (Å²) in [6.07, 6.45) is 6.31. The molecule has 110 valence electrons. The second-order valence-electron chi connectivity index (χ2n) is 5.27. The number of aliphatic carboxylic acids is 1. The molecule has 0 bridgehead atoms. The highest BCUT2D eigenvalue weighted by molar-refractivity contribution is 7.98. The number of hydrogen-bond donors (Lipinski definition) is 3. The molecule has 0 heterocycles. The van der Waals surface area contributed by atoms with E-state index in [0.717, 1.165) is 31.4 Å². The maximum atomic E-state index is 11.7. The van der Waals surface area contributed by atoms with Crippen molar-refractivity contribution < 1.29 is 14.7 Å². The Bertz CT molecular complexity index is 325. The Labute approximate surface area is 118 Å². The Morgan fingerprint density at radius 3 is 2.79 bits per heavy atom. The van der Waals surface area contributed by atoms with Crippen LogP contribution in [0.15, 0.2) is 0 Å². The minimum Gasteiger partial charge on any atom is -0.481 e. The van der Waals surface area contributed by atoms with Gasteiger partial charge >= 0.3 is 12.0 Å². The number of carbonyl (C=O) groups excluding carboxylic acids is 1. The summed E-state index contributed by atoms with van der Waals surface area (Å²) in [4.78, 5) is 23.0. The van der Waals surface area contributed by atoms with E-state index in [-0.39, 0.29) is 12.1 Å². The normalized spacial score (nSPS) is 26.1. The standard InChI is InChI=1S/C13H24N2O3S/c1-13(11(16)17)7-5-6-10(13)15-12(18)14-8-3-4-9-19-2/h10H,3-9H2,1-2H3,(H,16,17)(H2,14,15,18). The molecular formula is C13H24N2O3S. The number of hydrogen-bond acceptors (Lipinski definition) is 3. The van der Waals surface area contributed by atoms with Crippen LogP contribution in [0.5, 0.6) is 0 Å². The lowest BCUT2D eigenvalue weighted by atomic mass is 9.85. The van der Waals surface area contributed by atoms with Crippen LogP contribution in [0.2, 0.25) is 0 Å². The maximum Gasteiger partial charge on any atom is 0.315 e. The molecule has 2 unspecified atom stereocenters. The Morgan fingerprint density at radius 2 is 2.16 bits per heavy atom. The van der Waals surface area contributed by atoms with E-state index in [1.807, 2.05) is 0 Å². The van der Waals surface area contributed by atoms with Gasteiger partial charge in [0, 0.05) is 12.6 Å². The van der Waals surface area contributed by atoms with Crippen LogP contribution in [0.4, 0.5) is 4.79 Å². The third-order valence-electron chi connectivity index (χ3n) is 3.81. The molecule has 19 heavy (non-hydrogen) atoms. The number of nitrogens with one attached hydrogen (secondary N) is 2. The van der Waals surface area contributed by atoms with Crippen LogP contribution in [0.1, 0.15) is 39.0 Å². The van der Waals surface area contributed by atoms with Crippen LogP contribution in [-0.4, -0.2) is 41.7 Å². The summed E-state index contributed by atoms with van der Waals surface area (Å²) in [6.45, 7) is 2.36. The molecule has 0 radical (unpaired) electrons. The van der Waals surface area contributed by atoms with Crippen LogP contribution < -0.4 is 10.6 Å². The summed E-state index contributed by atoms with van der Waals surface area (Å²) in [7, 11) is 0. The highest BCUT2D eigenvalue weighted by Gasteiger charge is 2.45. The predicted molar refractivity (Wildman–Crippen MR) is 77.5 cm³/mol. The number of carbonyl (C=O) groups is 2. The van der Waals surface area contributed by atoms with Gasteiger partial charge in [-0.2, -0.15) is 11.8 Å². The number of rotatable bonds is 7. The van der Waals surface area contributed by atoms with E-state index in [2.05, 4.69) is 16.9 Å². The highest BCUT2D eigenvalue weighted by atomic mass is 32.2. The zero-order valence-corrected chi connectivity index (χ0v) is 12.5. The molecule has 6 heteroatoms. The van der Waals surface area contributed by atoms with Gasteiger partial charge in [0.2, 0.25) is 0 Å². The van der Waals surface area contributed by atoms with Crippen molar-refractivity contribution in [3.05, 3.63) is 0 Å². The first-order chi connectivity index (χ1) is 9.00. The molecule has 3 N–H and O–H groups in total. The summed E-state index contributed by atoms with van der Waals surface area (Å²) >= 11 is 1.80. The van der Waals surface area contributed by atoms with Gasteiger partial charge in [0.05, 0.1) is 5.41 Å². The van der Waals surface area contributed by atoms with E-state index in [0.29, 0.717) is 13.0 Å². The third kappa shape index (κ3) is 4.60. The molecule has 1 rings (SSSR count). The number of thioether (sulfide) groups is 1. The Balaban J connectivity index is 2.30. The van der Waals surface area contributed by atoms with E-state index < -0.39 is 11.4 Å². The van der Waals surface area contributed by atoms with Crippen molar-refractivity contribution in [1.29, 1.82) is 0 Å². The van der Waals surface area contributed by atoms with Gasteiger partial charge in [-0.1, -0.05) is 6.42 Å². The van der Waals surface area contributed by atoms with Crippen molar-refractivity contribution in [3.63, 3.8) is 0 Å². The lowest BCUT2D eigenvalue weighted by molar-refractivity contribution is -0.148. The van der Waals surface area contributed by atoms with Crippen molar-refractivity contribution in [2.75, 3.05) is 18.6 Å². The molecule has 1 fully saturated rings. The zero-order valence-electron chi connectivity index (χ0n) is 11.7. The molecule has 5 nitrogen and oxygen atoms in total. The Hall–Kier alpha value is -0.910. The molecule has 1 aliphatic rings. The summed E-state index contributed by atoms with van der Waals surface area (Å²) in [5.74, 6) is 0.276. The van der Waals surface area contributed by atoms with Gasteiger partial charge in [0.1, 0.15) is 0 Å². The van der Waals surface area contributed by atoms with Gasteiger partial charge < -0.3 is 15.7 Å². The fraction of sp³-hybridized carbons (Fsp3) is 0.846. The average molecular weight is 288 g/mol. The molecule has 0 aromatic carbocycles. The number of carboxylic acids is 1. The van der Waals surface area contributed by atoms with Crippen molar-refractivity contribution in [2.24, 2.45) is 5.41 Å². The zero-order chi connectivity index (χ0) is 14.3. The Kier molecular flexibility index (Phi) is 6.48. The summed E-state index contributed by atoms with van der Waals surface area (Å²) in [5.41, 5.74) is -0.823. The van der Waals surface area contributed by atoms with Crippen molar-refractivity contribution >= 4 is 23.8 Å². The van der Waals surface area contributed by atoms with E-state index in [4.69, 9.17) is 0 Å². The van der Waals surface area contributed by atoms with E-state index in [9.17, 15) is 14.7 Å². The highest BCUT2D eigenvalue weighted by Crippen LogP contribution is 2.38. The fourth-order valence-electron chi connectivity index (χ4n) is 2.44. The first kappa shape index (κ1) is 16.1. The molecule has 0 aliphatic heterocycles. The molecule has 0 saturated heterocycles. The lowest BCUT2D eigenvalue weighted by Crippen LogP contribution is -2.50. The van der Waals surface area contributed by atoms with Gasteiger partial charge in [0.25, 0.3) is 0 Å². The van der Waals surface area contributed by atoms with Crippen LogP contribution in [0.3, 0.4) is 0 Å². The van der Waals surface area contributed by atoms with Crippen LogP contribution in [-0.2, 0) is 4.79 Å². The van der Waals surface area contributed by atoms with Gasteiger partial charge in [-0.25, -0.2) is 4.79 Å². The first-order valence-corrected chi connectivity index (χ1v) is 8.17. The first-order valence-electron chi connectivity index (χ1n) is 6.77. The van der Waals surface area contributed by atoms with Gasteiger partial charge in [-0.05, 0) is 44.6 Å². The number of urea groups is 1. The van der Waals surface area contributed by atoms with Gasteiger partial charge in [-0.15, -0.1) is 0 Å². The second kappa shape index (κ2) is 7.62. The quantitative estimate of drug-likeness (QED) is 0.627. The topological polar surface area (TPSA) is 78.4 Å². The summed E-state index contributed by atoms with van der Waals surface area (Å²) in [6, 6.07) is -0.514. The third-order valence-corrected chi connectivity index (χ3v) is 4.51. The summed E-state index contributed by atoms with van der Waals surface area (Å²) < 4.78 is 0. The maximum absolute atomic E-state index is 11.7. The fourth-order valence-corrected chi connectivity index (χ4v) is 2.93. The molecule has 0 aromatic heterocycles. The largest absolute Gasteiger partial charge is 0.481 e. The Morgan fingerprint density at radius 1 is 1.42 bits per heavy atom. The molecular weight excluding hydrogens is 264 g/mol. The van der Waals surface area contributed by atoms with Crippen LogP contribution in [0, 0.1) is 5.41 Å². The van der Waals surface area contributed by atoms with E-state index >= 15 is 0 Å². The summed E-state index contributed by atoms with van der Waals surface area (Å²) in [5, 5.41) is 14.9. The minimum absolute atomic E-state index is 0.247. The second-order valence-corrected chi connectivity index (χ2v) is 6.25. The van der Waals surface area contributed by atoms with Crippen molar-refractivity contribution in [3.8, 4) is 0 Å². The van der Waals surface area contributed by atoms with Crippen molar-refractivity contribution in [1.82, 2.24) is 10.6 Å². The number of amides is 2. The smallest absolute Gasteiger partial charge is 0.315 e. The number of unbranched alkanes of at least 4 members (excludes halogenated alkanes) is 1. The lowest BCUT2D eigenvalue weighted by Gasteiger charge is -2.27. The molecule has 0 spiro atoms. The van der Waals surface area contributed by atoms with Gasteiger partial charge in [0.15, 0.2) is 0 Å². The predicted octanol–water partition coefficient (Wildman–Crippen LogP) is 2.07. The van der Waals surface area contributed by atoms with Crippen LogP contribution >= 0.6 is 11.8 Å². The molecule has 2 amide bonds. The molecule has 1 saturated carbocycles. The average Bonchev–Trinajstić information content (AvgIpc) is 2.72. The molecule has 2 atom stereocenters. The minimum atomic E-state index is -0.824.